The lowest BCUT2D eigenvalue weighted by molar-refractivity contribution is -0.150. The van der Waals surface area contributed by atoms with Crippen LogP contribution in [-0.2, 0) is 9.53 Å². The highest BCUT2D eigenvalue weighted by atomic mass is 16.6. The molecule has 0 bridgehead atoms. The fourth-order valence-corrected chi connectivity index (χ4v) is 1.33. The summed E-state index contributed by atoms with van der Waals surface area (Å²) in [5, 5.41) is 0. The zero-order valence-corrected chi connectivity index (χ0v) is 10.5. The van der Waals surface area contributed by atoms with Crippen molar-refractivity contribution in [2.45, 2.75) is 20.0 Å². The minimum Gasteiger partial charge on any atom is -0.479 e. The molecule has 1 rings (SSSR count). The molecule has 0 N–H and O–H groups in total. The van der Waals surface area contributed by atoms with Gasteiger partial charge in [-0.15, -0.1) is 0 Å². The molecule has 0 heterocycles. The van der Waals surface area contributed by atoms with Gasteiger partial charge in [0.25, 0.3) is 0 Å². The maximum absolute atomic E-state index is 11.4. The predicted octanol–water partition coefficient (Wildman–Crippen LogP) is 2.39. The molecular weight excluding hydrogens is 232 g/mol. The quantitative estimate of drug-likeness (QED) is 0.440. The van der Waals surface area contributed by atoms with Crippen molar-refractivity contribution in [3.8, 4) is 5.75 Å². The maximum Gasteiger partial charge on any atom is 0.347 e. The van der Waals surface area contributed by atoms with Gasteiger partial charge >= 0.3 is 5.97 Å². The molecular formula is C14H16O4. The first-order valence-electron chi connectivity index (χ1n) is 5.68. The molecule has 0 saturated heterocycles. The number of benzene rings is 1. The Bertz CT molecular complexity index is 434. The third-order valence-electron chi connectivity index (χ3n) is 2.26. The molecule has 1 aromatic carbocycles. The van der Waals surface area contributed by atoms with E-state index in [1.807, 2.05) is 0 Å². The molecule has 0 aromatic heterocycles. The number of hydrogen-bond donors (Lipinski definition) is 0. The van der Waals surface area contributed by atoms with Crippen LogP contribution in [0.3, 0.4) is 0 Å². The van der Waals surface area contributed by atoms with Crippen LogP contribution in [0.5, 0.6) is 5.75 Å². The molecule has 0 radical (unpaired) electrons. The van der Waals surface area contributed by atoms with Crippen molar-refractivity contribution < 1.29 is 19.1 Å². The van der Waals surface area contributed by atoms with Gasteiger partial charge in [-0.2, -0.15) is 0 Å². The average molecular weight is 248 g/mol. The molecule has 4 heteroatoms. The van der Waals surface area contributed by atoms with Gasteiger partial charge in [-0.05, 0) is 44.2 Å². The summed E-state index contributed by atoms with van der Waals surface area (Å²) >= 11 is 0. The Balaban J connectivity index is 2.66. The van der Waals surface area contributed by atoms with Crippen molar-refractivity contribution in [1.82, 2.24) is 0 Å². The van der Waals surface area contributed by atoms with Gasteiger partial charge in [0.15, 0.2) is 11.9 Å². The number of rotatable bonds is 6. The van der Waals surface area contributed by atoms with Crippen LogP contribution in [0.4, 0.5) is 0 Å². The molecule has 18 heavy (non-hydrogen) atoms. The fraction of sp³-hybridized carbons (Fsp3) is 0.286. The van der Waals surface area contributed by atoms with E-state index in [-0.39, 0.29) is 5.78 Å². The number of hydrogen-bond acceptors (Lipinski definition) is 4. The lowest BCUT2D eigenvalue weighted by Gasteiger charge is -2.13. The highest BCUT2D eigenvalue weighted by Gasteiger charge is 2.15. The summed E-state index contributed by atoms with van der Waals surface area (Å²) in [5.41, 5.74) is 0.529. The van der Waals surface area contributed by atoms with E-state index in [0.717, 1.165) is 0 Å². The molecule has 0 spiro atoms. The molecule has 96 valence electrons. The van der Waals surface area contributed by atoms with Gasteiger partial charge < -0.3 is 9.47 Å². The first kappa shape index (κ1) is 14.0. The molecule has 4 nitrogen and oxygen atoms in total. The molecule has 1 unspecified atom stereocenters. The summed E-state index contributed by atoms with van der Waals surface area (Å²) in [6.07, 6.45) is 0.572. The van der Waals surface area contributed by atoms with Crippen LogP contribution in [0.25, 0.3) is 0 Å². The standard InChI is InChI=1S/C14H16O4/c1-4-13(15)11-6-8-12(9-7-11)18-10(3)14(16)17-5-2/h4,6-10H,1,5H2,2-3H3. The van der Waals surface area contributed by atoms with Crippen LogP contribution in [0.1, 0.15) is 24.2 Å². The predicted molar refractivity (Wildman–Crippen MR) is 67.7 cm³/mol. The number of ketones is 1. The first-order valence-corrected chi connectivity index (χ1v) is 5.68. The van der Waals surface area contributed by atoms with Crippen LogP contribution in [0.2, 0.25) is 0 Å². The second kappa shape index (κ2) is 6.59. The van der Waals surface area contributed by atoms with Crippen molar-refractivity contribution in [3.05, 3.63) is 42.5 Å². The number of carbonyl (C=O) groups is 2. The molecule has 0 saturated carbocycles. The first-order chi connectivity index (χ1) is 8.58. The van der Waals surface area contributed by atoms with Crippen molar-refractivity contribution in [2.24, 2.45) is 0 Å². The summed E-state index contributed by atoms with van der Waals surface area (Å²) < 4.78 is 10.2. The van der Waals surface area contributed by atoms with E-state index >= 15 is 0 Å². The van der Waals surface area contributed by atoms with Gasteiger partial charge in [0, 0.05) is 5.56 Å². The zero-order chi connectivity index (χ0) is 13.5. The van der Waals surface area contributed by atoms with Crippen LogP contribution < -0.4 is 4.74 Å². The van der Waals surface area contributed by atoms with E-state index in [1.165, 1.54) is 6.08 Å². The van der Waals surface area contributed by atoms with Gasteiger partial charge in [-0.3, -0.25) is 4.79 Å². The summed E-state index contributed by atoms with van der Waals surface area (Å²) in [5.74, 6) is -0.0556. The minimum absolute atomic E-state index is 0.153. The van der Waals surface area contributed by atoms with Gasteiger partial charge in [0.1, 0.15) is 5.75 Å². The largest absolute Gasteiger partial charge is 0.479 e. The zero-order valence-electron chi connectivity index (χ0n) is 10.5. The van der Waals surface area contributed by atoms with E-state index < -0.39 is 12.1 Å². The highest BCUT2D eigenvalue weighted by Crippen LogP contribution is 2.15. The van der Waals surface area contributed by atoms with Crippen molar-refractivity contribution in [3.63, 3.8) is 0 Å². The summed E-state index contributed by atoms with van der Waals surface area (Å²) in [4.78, 5) is 22.7. The second-order valence-corrected chi connectivity index (χ2v) is 3.60. The Labute approximate surface area is 106 Å². The summed E-state index contributed by atoms with van der Waals surface area (Å²) in [6, 6.07) is 6.51. The normalized spacial score (nSPS) is 11.4. The van der Waals surface area contributed by atoms with E-state index in [0.29, 0.717) is 17.9 Å². The highest BCUT2D eigenvalue weighted by molar-refractivity contribution is 6.04. The average Bonchev–Trinajstić information content (AvgIpc) is 2.39. The fourth-order valence-electron chi connectivity index (χ4n) is 1.33. The van der Waals surface area contributed by atoms with Gasteiger partial charge in [-0.1, -0.05) is 6.58 Å². The Hall–Kier alpha value is -2.10. The van der Waals surface area contributed by atoms with E-state index in [4.69, 9.17) is 9.47 Å². The van der Waals surface area contributed by atoms with Gasteiger partial charge in [-0.25, -0.2) is 4.79 Å². The number of ether oxygens (including phenoxy) is 2. The molecule has 0 fully saturated rings. The van der Waals surface area contributed by atoms with E-state index in [9.17, 15) is 9.59 Å². The minimum atomic E-state index is -0.675. The van der Waals surface area contributed by atoms with Crippen molar-refractivity contribution in [2.75, 3.05) is 6.61 Å². The molecule has 0 aliphatic carbocycles. The topological polar surface area (TPSA) is 52.6 Å². The number of allylic oxidation sites excluding steroid dienone is 1. The third kappa shape index (κ3) is 3.73. The summed E-state index contributed by atoms with van der Waals surface area (Å²) in [6.45, 7) is 7.08. The van der Waals surface area contributed by atoms with Crippen LogP contribution in [0, 0.1) is 0 Å². The van der Waals surface area contributed by atoms with Crippen molar-refractivity contribution in [1.29, 1.82) is 0 Å². The lowest BCUT2D eigenvalue weighted by Crippen LogP contribution is -2.26. The Morgan fingerprint density at radius 3 is 2.44 bits per heavy atom. The molecule has 1 aromatic rings. The van der Waals surface area contributed by atoms with Gasteiger partial charge in [0.2, 0.25) is 0 Å². The second-order valence-electron chi connectivity index (χ2n) is 3.60. The third-order valence-corrected chi connectivity index (χ3v) is 2.26. The van der Waals surface area contributed by atoms with Crippen molar-refractivity contribution >= 4 is 11.8 Å². The monoisotopic (exact) mass is 248 g/mol. The smallest absolute Gasteiger partial charge is 0.347 e. The Morgan fingerprint density at radius 1 is 1.33 bits per heavy atom. The molecule has 0 amide bonds. The molecule has 0 aliphatic heterocycles. The van der Waals surface area contributed by atoms with E-state index in [2.05, 4.69) is 6.58 Å². The van der Waals surface area contributed by atoms with Crippen LogP contribution >= 0.6 is 0 Å². The summed E-state index contributed by atoms with van der Waals surface area (Å²) in [7, 11) is 0. The van der Waals surface area contributed by atoms with Crippen LogP contribution in [-0.4, -0.2) is 24.5 Å². The maximum atomic E-state index is 11.4. The number of carbonyl (C=O) groups excluding carboxylic acids is 2. The Morgan fingerprint density at radius 2 is 1.94 bits per heavy atom. The van der Waals surface area contributed by atoms with E-state index in [1.54, 1.807) is 38.1 Å². The molecule has 0 aliphatic rings. The van der Waals surface area contributed by atoms with Gasteiger partial charge in [0.05, 0.1) is 6.61 Å². The Kier molecular flexibility index (Phi) is 5.11. The molecule has 1 atom stereocenters. The SMILES string of the molecule is C=CC(=O)c1ccc(OC(C)C(=O)OCC)cc1. The number of esters is 1. The lowest BCUT2D eigenvalue weighted by atomic mass is 10.1. The van der Waals surface area contributed by atoms with Crippen LogP contribution in [0.15, 0.2) is 36.9 Å².